The van der Waals surface area contributed by atoms with Gasteiger partial charge in [0.25, 0.3) is 5.56 Å². The van der Waals surface area contributed by atoms with Crippen LogP contribution in [-0.4, -0.2) is 62.6 Å². The van der Waals surface area contributed by atoms with Gasteiger partial charge in [-0.25, -0.2) is 9.97 Å². The predicted octanol–water partition coefficient (Wildman–Crippen LogP) is 1.42. The maximum atomic E-state index is 12.0. The second kappa shape index (κ2) is 6.14. The molecule has 0 aliphatic carbocycles. The van der Waals surface area contributed by atoms with Crippen molar-refractivity contribution in [2.75, 3.05) is 19.5 Å². The molecule has 4 atom stereocenters. The molecule has 0 aromatic carbocycles. The minimum Gasteiger partial charge on any atom is -0.390 e. The van der Waals surface area contributed by atoms with Crippen molar-refractivity contribution in [2.45, 2.75) is 38.7 Å². The topological polar surface area (TPSA) is 93.0 Å². The van der Waals surface area contributed by atoms with E-state index in [2.05, 4.69) is 34.6 Å². The Morgan fingerprint density at radius 2 is 2.21 bits per heavy atom. The molecule has 7 nitrogen and oxygen atoms in total. The van der Waals surface area contributed by atoms with E-state index in [-0.39, 0.29) is 23.8 Å². The average Bonchev–Trinajstić information content (AvgIpc) is 3.00. The van der Waals surface area contributed by atoms with Gasteiger partial charge in [0, 0.05) is 5.92 Å². The largest absolute Gasteiger partial charge is 0.390 e. The van der Waals surface area contributed by atoms with Gasteiger partial charge >= 0.3 is 0 Å². The first-order valence-electron chi connectivity index (χ1n) is 8.12. The second-order valence-corrected chi connectivity index (χ2v) is 11.7. The van der Waals surface area contributed by atoms with Crippen molar-refractivity contribution in [3.8, 4) is 0 Å². The molecule has 1 aliphatic rings. The van der Waals surface area contributed by atoms with Gasteiger partial charge in [-0.15, -0.1) is 13.2 Å². The van der Waals surface area contributed by atoms with Gasteiger partial charge in [0.1, 0.15) is 12.1 Å². The van der Waals surface area contributed by atoms with Crippen molar-refractivity contribution in [1.82, 2.24) is 19.5 Å². The fourth-order valence-corrected chi connectivity index (χ4v) is 4.10. The summed E-state index contributed by atoms with van der Waals surface area (Å²) in [6.45, 7) is 6.87. The van der Waals surface area contributed by atoms with Crippen LogP contribution in [0.5, 0.6) is 0 Å². The number of hydrogen-bond acceptors (Lipinski definition) is 5. The number of hydrogen-bond donors (Lipinski definition) is 2. The normalized spacial score (nSPS) is 27.9. The molecule has 0 amide bonds. The van der Waals surface area contributed by atoms with Crippen LogP contribution < -0.4 is 5.56 Å². The summed E-state index contributed by atoms with van der Waals surface area (Å²) in [7, 11) is 0. The highest BCUT2D eigenvalue weighted by atomic mass is 31.2. The molecular weight excluding hydrogens is 327 g/mol. The summed E-state index contributed by atoms with van der Waals surface area (Å²) in [5.41, 5.74) is 0.521. The van der Waals surface area contributed by atoms with Crippen molar-refractivity contribution in [1.29, 1.82) is 0 Å². The van der Waals surface area contributed by atoms with Crippen LogP contribution in [0.2, 0.25) is 0 Å². The maximum absolute atomic E-state index is 12.0. The molecule has 132 valence electrons. The fraction of sp³-hybridized carbons (Fsp3) is 0.625. The number of imidazole rings is 1. The molecule has 0 bridgehead atoms. The summed E-state index contributed by atoms with van der Waals surface area (Å²) in [5, 5.41) is 10.5. The van der Waals surface area contributed by atoms with Gasteiger partial charge in [-0.2, -0.15) is 0 Å². The van der Waals surface area contributed by atoms with Crippen LogP contribution in [0.15, 0.2) is 11.1 Å². The fourth-order valence-electron chi connectivity index (χ4n) is 3.15. The molecule has 1 saturated heterocycles. The van der Waals surface area contributed by atoms with E-state index in [4.69, 9.17) is 4.74 Å². The van der Waals surface area contributed by atoms with E-state index in [1.165, 1.54) is 0 Å². The molecule has 0 radical (unpaired) electrons. The second-order valence-electron chi connectivity index (χ2n) is 7.34. The number of ether oxygens (including phenoxy) is 1. The summed E-state index contributed by atoms with van der Waals surface area (Å²) < 4.78 is 7.88. The number of H-pyrrole nitrogens is 1. The number of rotatable bonds is 4. The SMILES string of the molecule is C=P(C)(C)CC[C@H]1OC(n2cnc3c(=O)[nH]c(C)nc32)[C@H](C)[C@@H]1O. The Balaban J connectivity index is 1.90. The number of aliphatic hydroxyl groups is 1. The van der Waals surface area contributed by atoms with Gasteiger partial charge in [-0.1, -0.05) is 6.92 Å². The summed E-state index contributed by atoms with van der Waals surface area (Å²) in [4.78, 5) is 23.2. The molecular formula is C16H25N4O3P. The Hall–Kier alpha value is -1.43. The highest BCUT2D eigenvalue weighted by Gasteiger charge is 2.42. The monoisotopic (exact) mass is 352 g/mol. The van der Waals surface area contributed by atoms with Gasteiger partial charge in [0.15, 0.2) is 11.2 Å². The van der Waals surface area contributed by atoms with E-state index < -0.39 is 13.0 Å². The molecule has 1 aliphatic heterocycles. The van der Waals surface area contributed by atoms with Crippen LogP contribution in [0.4, 0.5) is 0 Å². The van der Waals surface area contributed by atoms with E-state index in [0.717, 1.165) is 12.6 Å². The third-order valence-electron chi connectivity index (χ3n) is 4.53. The van der Waals surface area contributed by atoms with Crippen molar-refractivity contribution in [3.05, 3.63) is 22.5 Å². The number of aryl methyl sites for hydroxylation is 1. The number of aromatic nitrogens is 4. The lowest BCUT2D eigenvalue weighted by molar-refractivity contribution is -0.0206. The molecule has 8 heteroatoms. The van der Waals surface area contributed by atoms with Gasteiger partial charge < -0.3 is 14.8 Å². The zero-order valence-electron chi connectivity index (χ0n) is 14.6. The zero-order valence-corrected chi connectivity index (χ0v) is 15.5. The van der Waals surface area contributed by atoms with Crippen molar-refractivity contribution in [3.63, 3.8) is 0 Å². The summed E-state index contributed by atoms with van der Waals surface area (Å²) in [5.74, 6) is 0.417. The molecule has 2 N–H and O–H groups in total. The number of aromatic amines is 1. The summed E-state index contributed by atoms with van der Waals surface area (Å²) in [6, 6.07) is 0. The lowest BCUT2D eigenvalue weighted by Gasteiger charge is -2.19. The number of nitrogens with one attached hydrogen (secondary N) is 1. The number of nitrogens with zero attached hydrogens (tertiary/aromatic N) is 3. The van der Waals surface area contributed by atoms with Crippen LogP contribution in [0.1, 0.15) is 25.4 Å². The third-order valence-corrected chi connectivity index (χ3v) is 6.00. The minimum atomic E-state index is -1.16. The third kappa shape index (κ3) is 3.21. The predicted molar refractivity (Wildman–Crippen MR) is 97.3 cm³/mol. The van der Waals surface area contributed by atoms with Crippen LogP contribution in [0, 0.1) is 12.8 Å². The van der Waals surface area contributed by atoms with E-state index in [1.807, 2.05) is 6.92 Å². The lowest BCUT2D eigenvalue weighted by atomic mass is 10.0. The van der Waals surface area contributed by atoms with Crippen molar-refractivity contribution in [2.24, 2.45) is 5.92 Å². The van der Waals surface area contributed by atoms with E-state index in [9.17, 15) is 9.90 Å². The maximum Gasteiger partial charge on any atom is 0.279 e. The standard InChI is InChI=1S/C16H25N4O3P/c1-9-13(21)11(6-7-24(3,4)5)23-16(9)20-8-17-12-14(20)18-10(2)19-15(12)22/h8-9,11,13,16,21H,3,6-7H2,1-2,4-5H3,(H,18,19,22)/t9-,11-,13+,16?/m1/s1. The Labute approximate surface area is 141 Å². The molecule has 1 fully saturated rings. The van der Waals surface area contributed by atoms with Crippen molar-refractivity contribution >= 4 is 24.3 Å². The van der Waals surface area contributed by atoms with Crippen LogP contribution in [-0.2, 0) is 4.74 Å². The zero-order chi connectivity index (χ0) is 17.6. The molecule has 3 heterocycles. The van der Waals surface area contributed by atoms with E-state index in [0.29, 0.717) is 17.0 Å². The molecule has 1 unspecified atom stereocenters. The lowest BCUT2D eigenvalue weighted by Crippen LogP contribution is -2.26. The van der Waals surface area contributed by atoms with Gasteiger partial charge in [0.05, 0.1) is 18.5 Å². The number of fused-ring (bicyclic) bond motifs is 1. The van der Waals surface area contributed by atoms with E-state index in [1.54, 1.807) is 17.8 Å². The molecule has 3 rings (SSSR count). The van der Waals surface area contributed by atoms with Gasteiger partial charge in [-0.05, 0) is 32.8 Å². The van der Waals surface area contributed by atoms with Crippen LogP contribution in [0.25, 0.3) is 11.2 Å². The first kappa shape index (κ1) is 17.4. The summed E-state index contributed by atoms with van der Waals surface area (Å²) >= 11 is 0. The molecule has 2 aromatic heterocycles. The minimum absolute atomic E-state index is 0.111. The van der Waals surface area contributed by atoms with Crippen molar-refractivity contribution < 1.29 is 9.84 Å². The Morgan fingerprint density at radius 3 is 2.88 bits per heavy atom. The molecule has 0 saturated carbocycles. The first-order chi connectivity index (χ1) is 11.2. The highest BCUT2D eigenvalue weighted by molar-refractivity contribution is 7.72. The van der Waals surface area contributed by atoms with E-state index >= 15 is 0 Å². The Bertz CT molecular complexity index is 853. The quantitative estimate of drug-likeness (QED) is 0.812. The average molecular weight is 352 g/mol. The highest BCUT2D eigenvalue weighted by Crippen LogP contribution is 2.41. The van der Waals surface area contributed by atoms with Gasteiger partial charge in [0.2, 0.25) is 0 Å². The molecule has 24 heavy (non-hydrogen) atoms. The molecule has 2 aromatic rings. The number of aliphatic hydroxyl groups excluding tert-OH is 1. The van der Waals surface area contributed by atoms with Gasteiger partial charge in [-0.3, -0.25) is 9.36 Å². The van der Waals surface area contributed by atoms with Crippen LogP contribution in [0.3, 0.4) is 0 Å². The summed E-state index contributed by atoms with van der Waals surface area (Å²) in [6.07, 6.45) is 6.37. The van der Waals surface area contributed by atoms with Crippen LogP contribution >= 0.6 is 6.89 Å². The molecule has 0 spiro atoms. The smallest absolute Gasteiger partial charge is 0.279 e. The Kier molecular flexibility index (Phi) is 4.45. The first-order valence-corrected chi connectivity index (χ1v) is 11.2. The Morgan fingerprint density at radius 1 is 1.50 bits per heavy atom.